The molecular weight excluding hydrogens is 327 g/mol. The Kier molecular flexibility index (Phi) is 4.29. The zero-order valence-electron chi connectivity index (χ0n) is 12.8. The van der Waals surface area contributed by atoms with Crippen molar-refractivity contribution in [2.75, 3.05) is 19.6 Å². The molecule has 2 saturated heterocycles. The molecule has 0 saturated carbocycles. The maximum atomic E-state index is 12.5. The van der Waals surface area contributed by atoms with Crippen LogP contribution in [0.3, 0.4) is 0 Å². The Labute approximate surface area is 136 Å². The molecule has 0 bridgehead atoms. The second-order valence-electron chi connectivity index (χ2n) is 6.26. The number of esters is 1. The first-order valence-electron chi connectivity index (χ1n) is 7.76. The van der Waals surface area contributed by atoms with Gasteiger partial charge >= 0.3 is 12.1 Å². The zero-order chi connectivity index (χ0) is 17.4. The van der Waals surface area contributed by atoms with Crippen molar-refractivity contribution >= 4 is 11.9 Å². The lowest BCUT2D eigenvalue weighted by Crippen LogP contribution is -2.39. The summed E-state index contributed by atoms with van der Waals surface area (Å²) in [4.78, 5) is 26.1. The van der Waals surface area contributed by atoms with Gasteiger partial charge in [-0.2, -0.15) is 13.2 Å². The molecule has 3 rings (SSSR count). The first-order valence-corrected chi connectivity index (χ1v) is 7.76. The van der Waals surface area contributed by atoms with E-state index in [9.17, 15) is 22.8 Å². The van der Waals surface area contributed by atoms with E-state index in [1.54, 1.807) is 0 Å². The smallest absolute Gasteiger partial charge is 0.431 e. The van der Waals surface area contributed by atoms with Crippen molar-refractivity contribution in [3.63, 3.8) is 0 Å². The van der Waals surface area contributed by atoms with E-state index in [0.29, 0.717) is 19.3 Å². The number of piperidine rings is 1. The molecule has 2 aliphatic rings. The number of nitrogens with one attached hydrogen (secondary N) is 3. The number of hydrogen-bond donors (Lipinski definition) is 3. The molecule has 0 radical (unpaired) electrons. The SMILES string of the molecule is O=C(NCC1CC2(CCNCC2)C(=O)O1)c1ccc(C(F)(F)F)[nH]1. The van der Waals surface area contributed by atoms with Gasteiger partial charge in [0.2, 0.25) is 0 Å². The molecule has 1 spiro atoms. The Balaban J connectivity index is 1.55. The third-order valence-electron chi connectivity index (χ3n) is 4.61. The number of aromatic amines is 1. The van der Waals surface area contributed by atoms with Crippen LogP contribution in [0.15, 0.2) is 12.1 Å². The summed E-state index contributed by atoms with van der Waals surface area (Å²) in [5.74, 6) is -0.907. The fourth-order valence-corrected chi connectivity index (χ4v) is 3.26. The molecule has 1 atom stereocenters. The Bertz CT molecular complexity index is 635. The monoisotopic (exact) mass is 345 g/mol. The van der Waals surface area contributed by atoms with Gasteiger partial charge in [0, 0.05) is 6.42 Å². The Morgan fingerprint density at radius 3 is 2.67 bits per heavy atom. The number of amides is 1. The number of halogens is 3. The van der Waals surface area contributed by atoms with E-state index < -0.39 is 29.3 Å². The van der Waals surface area contributed by atoms with Gasteiger partial charge in [-0.15, -0.1) is 0 Å². The fraction of sp³-hybridized carbons (Fsp3) is 0.600. The number of H-pyrrole nitrogens is 1. The predicted octanol–water partition coefficient (Wildman–Crippen LogP) is 1.45. The molecule has 6 nitrogen and oxygen atoms in total. The highest BCUT2D eigenvalue weighted by atomic mass is 19.4. The van der Waals surface area contributed by atoms with Gasteiger partial charge in [0.05, 0.1) is 12.0 Å². The average Bonchev–Trinajstić information content (AvgIpc) is 3.12. The second kappa shape index (κ2) is 6.12. The zero-order valence-corrected chi connectivity index (χ0v) is 12.8. The Morgan fingerprint density at radius 1 is 1.33 bits per heavy atom. The molecule has 3 N–H and O–H groups in total. The lowest BCUT2D eigenvalue weighted by atomic mass is 9.76. The van der Waals surface area contributed by atoms with Crippen molar-refractivity contribution in [2.45, 2.75) is 31.5 Å². The van der Waals surface area contributed by atoms with Crippen LogP contribution in [-0.2, 0) is 15.7 Å². The molecule has 1 aromatic heterocycles. The summed E-state index contributed by atoms with van der Waals surface area (Å²) in [5.41, 5.74) is -1.65. The van der Waals surface area contributed by atoms with Crippen LogP contribution in [0.5, 0.6) is 0 Å². The lowest BCUT2D eigenvalue weighted by Gasteiger charge is -2.29. The molecule has 2 fully saturated rings. The summed E-state index contributed by atoms with van der Waals surface area (Å²) < 4.78 is 42.9. The summed E-state index contributed by atoms with van der Waals surface area (Å²) in [6, 6.07) is 1.89. The van der Waals surface area contributed by atoms with Gasteiger partial charge in [0.1, 0.15) is 17.5 Å². The molecule has 9 heteroatoms. The predicted molar refractivity (Wildman–Crippen MR) is 77.2 cm³/mol. The number of alkyl halides is 3. The fourth-order valence-electron chi connectivity index (χ4n) is 3.26. The molecule has 24 heavy (non-hydrogen) atoms. The van der Waals surface area contributed by atoms with Crippen LogP contribution in [0.2, 0.25) is 0 Å². The van der Waals surface area contributed by atoms with Crippen LogP contribution in [0, 0.1) is 5.41 Å². The number of rotatable bonds is 3. The molecule has 1 unspecified atom stereocenters. The third-order valence-corrected chi connectivity index (χ3v) is 4.61. The third kappa shape index (κ3) is 3.26. The number of carbonyl (C=O) groups is 2. The van der Waals surface area contributed by atoms with Crippen LogP contribution in [-0.4, -0.2) is 42.6 Å². The standard InChI is InChI=1S/C15H18F3N3O3/c16-15(17,18)11-2-1-10(21-11)12(22)20-8-9-7-14(13(23)24-9)3-5-19-6-4-14/h1-2,9,19,21H,3-8H2,(H,20,22). The molecule has 1 aromatic rings. The van der Waals surface area contributed by atoms with E-state index in [1.807, 2.05) is 4.98 Å². The van der Waals surface area contributed by atoms with E-state index in [1.165, 1.54) is 0 Å². The number of cyclic esters (lactones) is 1. The van der Waals surface area contributed by atoms with Crippen LogP contribution >= 0.6 is 0 Å². The van der Waals surface area contributed by atoms with E-state index in [0.717, 1.165) is 25.2 Å². The molecule has 0 aliphatic carbocycles. The molecule has 132 valence electrons. The van der Waals surface area contributed by atoms with Crippen molar-refractivity contribution in [2.24, 2.45) is 5.41 Å². The highest BCUT2D eigenvalue weighted by Gasteiger charge is 2.49. The maximum absolute atomic E-state index is 12.5. The van der Waals surface area contributed by atoms with Crippen LogP contribution in [0.1, 0.15) is 35.4 Å². The largest absolute Gasteiger partial charge is 0.460 e. The number of hydrogen-bond acceptors (Lipinski definition) is 4. The summed E-state index contributed by atoms with van der Waals surface area (Å²) in [5, 5.41) is 5.70. The molecule has 0 aromatic carbocycles. The van der Waals surface area contributed by atoms with Gasteiger partial charge in [0.25, 0.3) is 5.91 Å². The first kappa shape index (κ1) is 16.8. The normalized spacial score (nSPS) is 23.3. The van der Waals surface area contributed by atoms with Gasteiger partial charge in [-0.05, 0) is 38.1 Å². The average molecular weight is 345 g/mol. The number of ether oxygens (including phenoxy) is 1. The summed E-state index contributed by atoms with van der Waals surface area (Å²) in [7, 11) is 0. The minimum Gasteiger partial charge on any atom is -0.460 e. The van der Waals surface area contributed by atoms with Crippen LogP contribution in [0.25, 0.3) is 0 Å². The number of carbonyl (C=O) groups excluding carboxylic acids is 2. The Morgan fingerprint density at radius 2 is 2.04 bits per heavy atom. The number of aromatic nitrogens is 1. The van der Waals surface area contributed by atoms with Gasteiger partial charge in [0.15, 0.2) is 0 Å². The van der Waals surface area contributed by atoms with Crippen molar-refractivity contribution in [1.29, 1.82) is 0 Å². The topological polar surface area (TPSA) is 83.2 Å². The summed E-state index contributed by atoms with van der Waals surface area (Å²) in [6.07, 6.45) is -3.06. The van der Waals surface area contributed by atoms with E-state index in [4.69, 9.17) is 4.74 Å². The van der Waals surface area contributed by atoms with Crippen molar-refractivity contribution in [3.05, 3.63) is 23.5 Å². The highest BCUT2D eigenvalue weighted by molar-refractivity contribution is 5.92. The van der Waals surface area contributed by atoms with Crippen LogP contribution < -0.4 is 10.6 Å². The molecule has 1 amide bonds. The molecular formula is C15H18F3N3O3. The van der Waals surface area contributed by atoms with Crippen molar-refractivity contribution < 1.29 is 27.5 Å². The van der Waals surface area contributed by atoms with Gasteiger partial charge < -0.3 is 20.4 Å². The molecule has 2 aliphatic heterocycles. The Hall–Kier alpha value is -2.03. The van der Waals surface area contributed by atoms with Crippen molar-refractivity contribution in [3.8, 4) is 0 Å². The summed E-state index contributed by atoms with van der Waals surface area (Å²) in [6.45, 7) is 1.58. The minimum atomic E-state index is -4.53. The van der Waals surface area contributed by atoms with E-state index in [2.05, 4.69) is 10.6 Å². The molecule has 3 heterocycles. The quantitative estimate of drug-likeness (QED) is 0.724. The minimum absolute atomic E-state index is 0.0835. The lowest BCUT2D eigenvalue weighted by molar-refractivity contribution is -0.149. The van der Waals surface area contributed by atoms with Crippen LogP contribution in [0.4, 0.5) is 13.2 Å². The van der Waals surface area contributed by atoms with E-state index >= 15 is 0 Å². The summed E-state index contributed by atoms with van der Waals surface area (Å²) >= 11 is 0. The van der Waals surface area contributed by atoms with Gasteiger partial charge in [-0.25, -0.2) is 0 Å². The first-order chi connectivity index (χ1) is 11.3. The van der Waals surface area contributed by atoms with Crippen molar-refractivity contribution in [1.82, 2.24) is 15.6 Å². The second-order valence-corrected chi connectivity index (χ2v) is 6.26. The van der Waals surface area contributed by atoms with Gasteiger partial charge in [-0.3, -0.25) is 9.59 Å². The van der Waals surface area contributed by atoms with E-state index in [-0.39, 0.29) is 18.2 Å². The maximum Gasteiger partial charge on any atom is 0.431 e. The highest BCUT2D eigenvalue weighted by Crippen LogP contribution is 2.41. The van der Waals surface area contributed by atoms with Gasteiger partial charge in [-0.1, -0.05) is 0 Å².